The summed E-state index contributed by atoms with van der Waals surface area (Å²) in [6.45, 7) is 2.00. The molecule has 32 heavy (non-hydrogen) atoms. The molecule has 4 aromatic rings. The highest BCUT2D eigenvalue weighted by atomic mass is 35.5. The Morgan fingerprint density at radius 3 is 2.59 bits per heavy atom. The van der Waals surface area contributed by atoms with E-state index in [1.807, 2.05) is 6.07 Å². The molecule has 0 radical (unpaired) electrons. The van der Waals surface area contributed by atoms with Gasteiger partial charge in [0.15, 0.2) is 0 Å². The Hall–Kier alpha value is -2.81. The lowest BCUT2D eigenvalue weighted by atomic mass is 9.80. The summed E-state index contributed by atoms with van der Waals surface area (Å²) < 4.78 is 31.3. The van der Waals surface area contributed by atoms with Crippen LogP contribution in [0.3, 0.4) is 0 Å². The number of hydrogen-bond donors (Lipinski definition) is 1. The summed E-state index contributed by atoms with van der Waals surface area (Å²) in [5, 5.41) is 21.3. The first kappa shape index (κ1) is 22.4. The second kappa shape index (κ2) is 8.97. The first-order chi connectivity index (χ1) is 15.3. The van der Waals surface area contributed by atoms with Gasteiger partial charge in [-0.1, -0.05) is 42.3 Å². The number of benzene rings is 2. The standard InChI is InChI=1S/C22H19Cl2F2N5O/c1-14(21-6-7-30(29-21)10-15-2-3-16(23)8-19(15)24)22(32,11-31-13-27-12-28-31)18-5-4-17(25)9-20(18)26/h2-9,12-14,32H,10-11H2,1H3/t14-,22+/m0/s1. The van der Waals surface area contributed by atoms with Crippen LogP contribution in [0.15, 0.2) is 61.3 Å². The molecule has 6 nitrogen and oxygen atoms in total. The van der Waals surface area contributed by atoms with Crippen molar-refractivity contribution in [1.82, 2.24) is 24.5 Å². The Labute approximate surface area is 193 Å². The number of nitrogens with zero attached hydrogens (tertiary/aromatic N) is 5. The fourth-order valence-corrected chi connectivity index (χ4v) is 4.09. The van der Waals surface area contributed by atoms with Gasteiger partial charge in [-0.15, -0.1) is 0 Å². The average molecular weight is 478 g/mol. The molecule has 0 unspecified atom stereocenters. The maximum Gasteiger partial charge on any atom is 0.137 e. The van der Waals surface area contributed by atoms with Crippen molar-refractivity contribution < 1.29 is 13.9 Å². The van der Waals surface area contributed by atoms with Crippen molar-refractivity contribution in [2.45, 2.75) is 31.5 Å². The molecular formula is C22H19Cl2F2N5O. The number of aromatic nitrogens is 5. The van der Waals surface area contributed by atoms with E-state index in [2.05, 4.69) is 15.2 Å². The van der Waals surface area contributed by atoms with Gasteiger partial charge in [0.2, 0.25) is 0 Å². The molecule has 2 atom stereocenters. The number of rotatable bonds is 7. The van der Waals surface area contributed by atoms with E-state index in [9.17, 15) is 13.9 Å². The van der Waals surface area contributed by atoms with Gasteiger partial charge in [0.25, 0.3) is 0 Å². The Bertz CT molecular complexity index is 1230. The van der Waals surface area contributed by atoms with Crippen LogP contribution in [-0.2, 0) is 18.7 Å². The minimum absolute atomic E-state index is 0.0582. The molecule has 0 saturated heterocycles. The van der Waals surface area contributed by atoms with Crippen molar-refractivity contribution >= 4 is 23.2 Å². The summed E-state index contributed by atoms with van der Waals surface area (Å²) in [5.74, 6) is -2.26. The molecule has 0 aliphatic rings. The third-order valence-electron chi connectivity index (χ3n) is 5.44. The molecule has 0 fully saturated rings. The maximum absolute atomic E-state index is 14.7. The van der Waals surface area contributed by atoms with Crippen LogP contribution in [-0.4, -0.2) is 29.7 Å². The molecule has 166 valence electrons. The smallest absolute Gasteiger partial charge is 0.137 e. The quantitative estimate of drug-likeness (QED) is 0.415. The molecular weight excluding hydrogens is 459 g/mol. The molecule has 0 aliphatic heterocycles. The third-order valence-corrected chi connectivity index (χ3v) is 6.02. The summed E-state index contributed by atoms with van der Waals surface area (Å²) in [7, 11) is 0. The fraction of sp³-hybridized carbons (Fsp3) is 0.227. The van der Waals surface area contributed by atoms with Crippen LogP contribution in [0.1, 0.15) is 29.7 Å². The molecule has 0 bridgehead atoms. The first-order valence-electron chi connectivity index (χ1n) is 9.74. The lowest BCUT2D eigenvalue weighted by Crippen LogP contribution is -2.38. The molecule has 0 amide bonds. The Morgan fingerprint density at radius 1 is 1.09 bits per heavy atom. The van der Waals surface area contributed by atoms with Crippen LogP contribution >= 0.6 is 23.2 Å². The van der Waals surface area contributed by atoms with Crippen molar-refractivity contribution in [2.24, 2.45) is 0 Å². The van der Waals surface area contributed by atoms with E-state index in [1.165, 1.54) is 23.4 Å². The van der Waals surface area contributed by atoms with Gasteiger partial charge in [-0.05, 0) is 29.8 Å². The lowest BCUT2D eigenvalue weighted by molar-refractivity contribution is -0.0124. The topological polar surface area (TPSA) is 68.8 Å². The highest BCUT2D eigenvalue weighted by molar-refractivity contribution is 6.35. The summed E-state index contributed by atoms with van der Waals surface area (Å²) >= 11 is 12.2. The van der Waals surface area contributed by atoms with E-state index in [1.54, 1.807) is 36.0 Å². The molecule has 2 aromatic carbocycles. The van der Waals surface area contributed by atoms with Crippen LogP contribution in [0.5, 0.6) is 0 Å². The summed E-state index contributed by atoms with van der Waals surface area (Å²) in [4.78, 5) is 3.88. The number of aliphatic hydroxyl groups is 1. The molecule has 2 aromatic heterocycles. The lowest BCUT2D eigenvalue weighted by Gasteiger charge is -2.34. The minimum atomic E-state index is -1.78. The van der Waals surface area contributed by atoms with E-state index in [0.717, 1.165) is 17.7 Å². The van der Waals surface area contributed by atoms with Crippen LogP contribution in [0, 0.1) is 11.6 Å². The molecule has 0 aliphatic carbocycles. The highest BCUT2D eigenvalue weighted by Crippen LogP contribution is 2.39. The van der Waals surface area contributed by atoms with Crippen LogP contribution in [0.25, 0.3) is 0 Å². The summed E-state index contributed by atoms with van der Waals surface area (Å²) in [6, 6.07) is 10.0. The summed E-state index contributed by atoms with van der Waals surface area (Å²) in [6.07, 6.45) is 4.48. The zero-order valence-corrected chi connectivity index (χ0v) is 18.5. The molecule has 2 heterocycles. The van der Waals surface area contributed by atoms with Gasteiger partial charge in [-0.25, -0.2) is 18.4 Å². The van der Waals surface area contributed by atoms with E-state index in [0.29, 0.717) is 22.3 Å². The molecule has 10 heteroatoms. The van der Waals surface area contributed by atoms with Gasteiger partial charge in [0.1, 0.15) is 29.9 Å². The first-order valence-corrected chi connectivity index (χ1v) is 10.5. The van der Waals surface area contributed by atoms with Crippen molar-refractivity contribution in [3.63, 3.8) is 0 Å². The Morgan fingerprint density at radius 2 is 1.91 bits per heavy atom. The average Bonchev–Trinajstić information content (AvgIpc) is 3.41. The van der Waals surface area contributed by atoms with E-state index in [-0.39, 0.29) is 12.1 Å². The van der Waals surface area contributed by atoms with Gasteiger partial charge < -0.3 is 5.11 Å². The second-order valence-electron chi connectivity index (χ2n) is 7.54. The number of hydrogen-bond acceptors (Lipinski definition) is 4. The fourth-order valence-electron chi connectivity index (χ4n) is 3.62. The van der Waals surface area contributed by atoms with Gasteiger partial charge in [-0.3, -0.25) is 4.68 Å². The van der Waals surface area contributed by atoms with Crippen LogP contribution in [0.4, 0.5) is 8.78 Å². The monoisotopic (exact) mass is 477 g/mol. The van der Waals surface area contributed by atoms with Crippen LogP contribution < -0.4 is 0 Å². The van der Waals surface area contributed by atoms with Gasteiger partial charge >= 0.3 is 0 Å². The van der Waals surface area contributed by atoms with Crippen molar-refractivity contribution in [2.75, 3.05) is 0 Å². The second-order valence-corrected chi connectivity index (χ2v) is 8.38. The molecule has 0 saturated carbocycles. The van der Waals surface area contributed by atoms with E-state index < -0.39 is 23.2 Å². The predicted octanol–water partition coefficient (Wildman–Crippen LogP) is 4.80. The number of halogens is 4. The largest absolute Gasteiger partial charge is 0.382 e. The van der Waals surface area contributed by atoms with E-state index >= 15 is 0 Å². The molecule has 4 rings (SSSR count). The van der Waals surface area contributed by atoms with E-state index in [4.69, 9.17) is 23.2 Å². The molecule has 1 N–H and O–H groups in total. The normalized spacial score (nSPS) is 14.3. The summed E-state index contributed by atoms with van der Waals surface area (Å²) in [5.41, 5.74) is -0.498. The van der Waals surface area contributed by atoms with Gasteiger partial charge in [0, 0.05) is 33.8 Å². The maximum atomic E-state index is 14.7. The van der Waals surface area contributed by atoms with Gasteiger partial charge in [0.05, 0.1) is 18.8 Å². The Kier molecular flexibility index (Phi) is 6.28. The Balaban J connectivity index is 1.67. The zero-order valence-electron chi connectivity index (χ0n) is 17.0. The SMILES string of the molecule is C[C@@H](c1ccn(Cc2ccc(Cl)cc2Cl)n1)[C@](O)(Cn1cncn1)c1ccc(F)cc1F. The minimum Gasteiger partial charge on any atom is -0.382 e. The van der Waals surface area contributed by atoms with Crippen molar-refractivity contribution in [3.8, 4) is 0 Å². The van der Waals surface area contributed by atoms with Crippen molar-refractivity contribution in [1.29, 1.82) is 0 Å². The van der Waals surface area contributed by atoms with Crippen molar-refractivity contribution in [3.05, 3.63) is 99.8 Å². The predicted molar refractivity (Wildman–Crippen MR) is 116 cm³/mol. The van der Waals surface area contributed by atoms with Gasteiger partial charge in [-0.2, -0.15) is 10.2 Å². The zero-order chi connectivity index (χ0) is 22.9. The third kappa shape index (κ3) is 4.53. The van der Waals surface area contributed by atoms with Crippen LogP contribution in [0.2, 0.25) is 10.0 Å². The highest BCUT2D eigenvalue weighted by Gasteiger charge is 2.41. The molecule has 0 spiro atoms.